The lowest BCUT2D eigenvalue weighted by Gasteiger charge is -2.18. The lowest BCUT2D eigenvalue weighted by molar-refractivity contribution is 0.414. The van der Waals surface area contributed by atoms with E-state index in [0.717, 1.165) is 5.56 Å². The second-order valence-electron chi connectivity index (χ2n) is 4.91. The van der Waals surface area contributed by atoms with Gasteiger partial charge in [-0.15, -0.1) is 0 Å². The van der Waals surface area contributed by atoms with E-state index in [9.17, 15) is 8.42 Å². The van der Waals surface area contributed by atoms with Gasteiger partial charge < -0.3 is 4.74 Å². The summed E-state index contributed by atoms with van der Waals surface area (Å²) in [6.45, 7) is 1.90. The zero-order chi connectivity index (χ0) is 17.0. The Kier molecular flexibility index (Phi) is 5.92. The molecule has 0 saturated heterocycles. The molecular formula is C16H17Cl2NO3S. The summed E-state index contributed by atoms with van der Waals surface area (Å²) in [4.78, 5) is -0.0290. The number of sulfonamides is 1. The van der Waals surface area contributed by atoms with E-state index in [1.54, 1.807) is 31.4 Å². The molecule has 0 aliphatic carbocycles. The normalized spacial score (nSPS) is 12.9. The van der Waals surface area contributed by atoms with E-state index in [1.807, 2.05) is 19.1 Å². The first-order chi connectivity index (χ1) is 10.9. The third-order valence-electron chi connectivity index (χ3n) is 3.43. The molecule has 2 rings (SSSR count). The van der Waals surface area contributed by atoms with Crippen molar-refractivity contribution in [2.24, 2.45) is 0 Å². The molecule has 0 spiro atoms. The van der Waals surface area contributed by atoms with Gasteiger partial charge in [0.2, 0.25) is 10.0 Å². The molecule has 0 bridgehead atoms. The molecule has 0 aliphatic rings. The van der Waals surface area contributed by atoms with Crippen LogP contribution in [-0.4, -0.2) is 15.5 Å². The lowest BCUT2D eigenvalue weighted by Crippen LogP contribution is -2.28. The molecule has 0 fully saturated rings. The quantitative estimate of drug-likeness (QED) is 0.814. The van der Waals surface area contributed by atoms with Gasteiger partial charge in [-0.05, 0) is 36.2 Å². The Hall–Kier alpha value is -1.27. The minimum absolute atomic E-state index is 0.0197. The maximum atomic E-state index is 12.6. The maximum Gasteiger partial charge on any atom is 0.242 e. The molecular weight excluding hydrogens is 357 g/mol. The number of halogens is 2. The Balaban J connectivity index is 2.31. The van der Waals surface area contributed by atoms with Crippen molar-refractivity contribution < 1.29 is 13.2 Å². The SMILES string of the molecule is CCC(NS(=O)(=O)c1cccc(Cl)c1Cl)c1ccc(OC)cc1. The standard InChI is InChI=1S/C16H17Cl2NO3S/c1-3-14(11-7-9-12(22-2)10-8-11)19-23(20,21)15-6-4-5-13(17)16(15)18/h4-10,14,19H,3H2,1-2H3. The highest BCUT2D eigenvalue weighted by molar-refractivity contribution is 7.89. The zero-order valence-corrected chi connectivity index (χ0v) is 15.0. The Bertz CT molecular complexity index is 776. The predicted molar refractivity (Wildman–Crippen MR) is 92.8 cm³/mol. The highest BCUT2D eigenvalue weighted by atomic mass is 35.5. The van der Waals surface area contributed by atoms with Crippen LogP contribution < -0.4 is 9.46 Å². The molecule has 124 valence electrons. The van der Waals surface area contributed by atoms with Gasteiger partial charge >= 0.3 is 0 Å². The van der Waals surface area contributed by atoms with Crippen molar-refractivity contribution in [3.63, 3.8) is 0 Å². The van der Waals surface area contributed by atoms with E-state index < -0.39 is 10.0 Å². The topological polar surface area (TPSA) is 55.4 Å². The molecule has 1 unspecified atom stereocenters. The molecule has 0 heterocycles. The van der Waals surface area contributed by atoms with Crippen LogP contribution in [0.1, 0.15) is 24.9 Å². The molecule has 0 radical (unpaired) electrons. The molecule has 0 saturated carbocycles. The molecule has 0 aromatic heterocycles. The van der Waals surface area contributed by atoms with E-state index >= 15 is 0 Å². The van der Waals surface area contributed by atoms with Crippen molar-refractivity contribution in [3.05, 3.63) is 58.1 Å². The highest BCUT2D eigenvalue weighted by Crippen LogP contribution is 2.30. The first-order valence-electron chi connectivity index (χ1n) is 6.99. The molecule has 23 heavy (non-hydrogen) atoms. The first kappa shape index (κ1) is 18.1. The molecule has 1 N–H and O–H groups in total. The fourth-order valence-electron chi connectivity index (χ4n) is 2.17. The van der Waals surface area contributed by atoms with E-state index in [-0.39, 0.29) is 21.0 Å². The van der Waals surface area contributed by atoms with Gasteiger partial charge in [-0.1, -0.05) is 48.3 Å². The van der Waals surface area contributed by atoms with Crippen LogP contribution in [0.4, 0.5) is 0 Å². The van der Waals surface area contributed by atoms with E-state index in [4.69, 9.17) is 27.9 Å². The van der Waals surface area contributed by atoms with Crippen LogP contribution in [0.2, 0.25) is 10.0 Å². The van der Waals surface area contributed by atoms with Crippen molar-refractivity contribution in [2.75, 3.05) is 7.11 Å². The van der Waals surface area contributed by atoms with Crippen LogP contribution >= 0.6 is 23.2 Å². The average molecular weight is 374 g/mol. The van der Waals surface area contributed by atoms with Gasteiger partial charge in [-0.2, -0.15) is 0 Å². The monoisotopic (exact) mass is 373 g/mol. The van der Waals surface area contributed by atoms with Crippen molar-refractivity contribution in [3.8, 4) is 5.75 Å². The third-order valence-corrected chi connectivity index (χ3v) is 5.87. The minimum atomic E-state index is -3.79. The highest BCUT2D eigenvalue weighted by Gasteiger charge is 2.23. The van der Waals surface area contributed by atoms with Crippen molar-refractivity contribution in [2.45, 2.75) is 24.3 Å². The largest absolute Gasteiger partial charge is 0.497 e. The van der Waals surface area contributed by atoms with Gasteiger partial charge in [0, 0.05) is 6.04 Å². The Morgan fingerprint density at radius 2 is 1.78 bits per heavy atom. The molecule has 1 atom stereocenters. The summed E-state index contributed by atoms with van der Waals surface area (Å²) < 4.78 is 33.0. The number of hydrogen-bond donors (Lipinski definition) is 1. The van der Waals surface area contributed by atoms with Crippen molar-refractivity contribution in [1.82, 2.24) is 4.72 Å². The van der Waals surface area contributed by atoms with Gasteiger partial charge in [0.15, 0.2) is 0 Å². The van der Waals surface area contributed by atoms with E-state index in [1.165, 1.54) is 6.07 Å². The molecule has 0 amide bonds. The number of benzene rings is 2. The maximum absolute atomic E-state index is 12.6. The molecule has 4 nitrogen and oxygen atoms in total. The predicted octanol–water partition coefficient (Wildman–Crippen LogP) is 4.43. The van der Waals surface area contributed by atoms with Crippen LogP contribution in [0.5, 0.6) is 5.75 Å². The number of ether oxygens (including phenoxy) is 1. The molecule has 7 heteroatoms. The fourth-order valence-corrected chi connectivity index (χ4v) is 4.23. The van der Waals surface area contributed by atoms with Crippen LogP contribution in [0, 0.1) is 0 Å². The fraction of sp³-hybridized carbons (Fsp3) is 0.250. The average Bonchev–Trinajstić information content (AvgIpc) is 2.55. The Morgan fingerprint density at radius 3 is 2.35 bits per heavy atom. The minimum Gasteiger partial charge on any atom is -0.497 e. The third kappa shape index (κ3) is 4.18. The van der Waals surface area contributed by atoms with Crippen molar-refractivity contribution in [1.29, 1.82) is 0 Å². The first-order valence-corrected chi connectivity index (χ1v) is 9.23. The van der Waals surface area contributed by atoms with Crippen molar-refractivity contribution >= 4 is 33.2 Å². The van der Waals surface area contributed by atoms with Gasteiger partial charge in [-0.3, -0.25) is 0 Å². The summed E-state index contributed by atoms with van der Waals surface area (Å²) >= 11 is 11.9. The molecule has 2 aromatic rings. The van der Waals surface area contributed by atoms with Gasteiger partial charge in [0.1, 0.15) is 10.6 Å². The van der Waals surface area contributed by atoms with Crippen LogP contribution in [-0.2, 0) is 10.0 Å². The summed E-state index contributed by atoms with van der Waals surface area (Å²) in [6, 6.07) is 11.4. The van der Waals surface area contributed by atoms with Gasteiger partial charge in [0.25, 0.3) is 0 Å². The Morgan fingerprint density at radius 1 is 1.13 bits per heavy atom. The van der Waals surface area contributed by atoms with Crippen LogP contribution in [0.25, 0.3) is 0 Å². The van der Waals surface area contributed by atoms with Gasteiger partial charge in [-0.25, -0.2) is 13.1 Å². The second kappa shape index (κ2) is 7.53. The lowest BCUT2D eigenvalue weighted by atomic mass is 10.1. The molecule has 2 aromatic carbocycles. The number of hydrogen-bond acceptors (Lipinski definition) is 3. The van der Waals surface area contributed by atoms with E-state index in [0.29, 0.717) is 12.2 Å². The Labute approximate surface area is 146 Å². The number of rotatable bonds is 6. The summed E-state index contributed by atoms with van der Waals surface area (Å²) in [5.41, 5.74) is 0.843. The summed E-state index contributed by atoms with van der Waals surface area (Å²) in [6.07, 6.45) is 0.587. The van der Waals surface area contributed by atoms with Crippen LogP contribution in [0.3, 0.4) is 0 Å². The number of nitrogens with one attached hydrogen (secondary N) is 1. The van der Waals surface area contributed by atoms with Crippen LogP contribution in [0.15, 0.2) is 47.4 Å². The summed E-state index contributed by atoms with van der Waals surface area (Å²) in [5.74, 6) is 0.712. The van der Waals surface area contributed by atoms with Gasteiger partial charge in [0.05, 0.1) is 17.2 Å². The second-order valence-corrected chi connectivity index (χ2v) is 7.37. The zero-order valence-electron chi connectivity index (χ0n) is 12.7. The summed E-state index contributed by atoms with van der Waals surface area (Å²) in [7, 11) is -2.21. The number of methoxy groups -OCH3 is 1. The van der Waals surface area contributed by atoms with E-state index in [2.05, 4.69) is 4.72 Å². The summed E-state index contributed by atoms with van der Waals surface area (Å²) in [5, 5.41) is 0.221. The molecule has 0 aliphatic heterocycles. The smallest absolute Gasteiger partial charge is 0.242 e.